The number of likely N-dealkylation sites (tertiary alicyclic amines) is 1. The van der Waals surface area contributed by atoms with Gasteiger partial charge in [0.25, 0.3) is 0 Å². The Labute approximate surface area is 250 Å². The molecule has 8 heteroatoms. The van der Waals surface area contributed by atoms with Crippen LogP contribution in [0.1, 0.15) is 56.2 Å². The first-order valence-corrected chi connectivity index (χ1v) is 15.6. The molecule has 2 aromatic heterocycles. The minimum atomic E-state index is 0.0183. The summed E-state index contributed by atoms with van der Waals surface area (Å²) in [5, 5.41) is 23.9. The number of nitrogens with one attached hydrogen (secondary N) is 1. The van der Waals surface area contributed by atoms with Crippen LogP contribution < -0.4 is 10.1 Å². The van der Waals surface area contributed by atoms with Crippen molar-refractivity contribution in [3.05, 3.63) is 65.1 Å². The van der Waals surface area contributed by atoms with Crippen LogP contribution in [0.15, 0.2) is 48.8 Å². The van der Waals surface area contributed by atoms with E-state index in [1.807, 2.05) is 30.5 Å². The Morgan fingerprint density at radius 3 is 2.51 bits per heavy atom. The summed E-state index contributed by atoms with van der Waals surface area (Å²) >= 11 is 6.54. The van der Waals surface area contributed by atoms with Gasteiger partial charge in [0.05, 0.1) is 17.6 Å². The molecule has 5 rings (SSSR count). The Balaban J connectivity index is 0.000000417. The number of fused-ring (bicyclic) bond motifs is 1. The maximum Gasteiger partial charge on any atom is 0.119 e. The van der Waals surface area contributed by atoms with Crippen LogP contribution in [-0.2, 0) is 12.8 Å². The fraction of sp³-hybridized carbons (Fsp3) is 0.576. The second-order valence-corrected chi connectivity index (χ2v) is 12.0. The van der Waals surface area contributed by atoms with Crippen molar-refractivity contribution in [3.63, 3.8) is 0 Å². The average molecular weight is 583 g/mol. The third kappa shape index (κ3) is 9.35. The number of benzene rings is 1. The normalized spacial score (nSPS) is 17.7. The van der Waals surface area contributed by atoms with Crippen LogP contribution in [0.5, 0.6) is 5.75 Å². The van der Waals surface area contributed by atoms with Crippen LogP contribution in [-0.4, -0.2) is 78.1 Å². The lowest BCUT2D eigenvalue weighted by atomic mass is 9.75. The summed E-state index contributed by atoms with van der Waals surface area (Å²) in [4.78, 5) is 11.4. The maximum absolute atomic E-state index is 10.3. The molecule has 0 bridgehead atoms. The zero-order valence-corrected chi connectivity index (χ0v) is 25.3. The smallest absolute Gasteiger partial charge is 0.119 e. The quantitative estimate of drug-likeness (QED) is 0.283. The zero-order valence-electron chi connectivity index (χ0n) is 24.5. The number of nitrogens with zero attached hydrogens (tertiary/aromatic N) is 3. The van der Waals surface area contributed by atoms with Gasteiger partial charge in [-0.2, -0.15) is 0 Å². The van der Waals surface area contributed by atoms with E-state index in [4.69, 9.17) is 21.4 Å². The largest absolute Gasteiger partial charge is 0.497 e. The second kappa shape index (κ2) is 16.4. The molecule has 0 amide bonds. The molecule has 0 atom stereocenters. The number of aliphatic hydroxyl groups excluding tert-OH is 2. The molecule has 3 aromatic rings. The third-order valence-electron chi connectivity index (χ3n) is 8.87. The number of pyridine rings is 2. The van der Waals surface area contributed by atoms with E-state index in [1.165, 1.54) is 5.69 Å². The molecule has 3 N–H and O–H groups in total. The Morgan fingerprint density at radius 2 is 1.85 bits per heavy atom. The van der Waals surface area contributed by atoms with E-state index < -0.39 is 0 Å². The van der Waals surface area contributed by atoms with Crippen LogP contribution in [0, 0.1) is 11.3 Å². The topological polar surface area (TPSA) is 90.7 Å². The van der Waals surface area contributed by atoms with E-state index in [-0.39, 0.29) is 12.0 Å². The summed E-state index contributed by atoms with van der Waals surface area (Å²) in [6, 6.07) is 12.0. The Morgan fingerprint density at radius 1 is 1.05 bits per heavy atom. The highest BCUT2D eigenvalue weighted by molar-refractivity contribution is 6.32. The zero-order chi connectivity index (χ0) is 28.9. The Kier molecular flexibility index (Phi) is 12.6. The average Bonchev–Trinajstić information content (AvgIpc) is 3.04. The molecular formula is C33H47ClN4O3. The van der Waals surface area contributed by atoms with Crippen LogP contribution in [0.2, 0.25) is 5.02 Å². The van der Waals surface area contributed by atoms with Gasteiger partial charge in [0, 0.05) is 36.7 Å². The predicted molar refractivity (Wildman–Crippen MR) is 167 cm³/mol. The molecule has 224 valence electrons. The molecule has 2 aliphatic heterocycles. The number of halogens is 1. The van der Waals surface area contributed by atoms with E-state index >= 15 is 0 Å². The molecular weight excluding hydrogens is 536 g/mol. The lowest BCUT2D eigenvalue weighted by molar-refractivity contribution is 0.0353. The highest BCUT2D eigenvalue weighted by Gasteiger charge is 2.33. The van der Waals surface area contributed by atoms with Crippen molar-refractivity contribution in [1.82, 2.24) is 20.2 Å². The summed E-state index contributed by atoms with van der Waals surface area (Å²) in [6.45, 7) is 6.02. The molecule has 7 nitrogen and oxygen atoms in total. The number of aryl methyl sites for hydroxylation is 2. The van der Waals surface area contributed by atoms with Gasteiger partial charge in [-0.05, 0) is 138 Å². The highest BCUT2D eigenvalue weighted by atomic mass is 35.5. The number of aromatic nitrogens is 2. The Hall–Kier alpha value is -2.29. The van der Waals surface area contributed by atoms with Crippen LogP contribution in [0.4, 0.5) is 0 Å². The molecule has 4 heterocycles. The summed E-state index contributed by atoms with van der Waals surface area (Å²) < 4.78 is 5.40. The lowest BCUT2D eigenvalue weighted by Crippen LogP contribution is -2.42. The number of methoxy groups -OCH3 is 1. The summed E-state index contributed by atoms with van der Waals surface area (Å²) in [7, 11) is 1.68. The molecule has 2 fully saturated rings. The standard InChI is InChI=1S/C27H34ClN3O2.C6H13NO/c1-33-22-9-10-26-24(18-22)23(25(28)19-30-26)8-4-11-27(20-32)12-16-31(17-13-27)15-5-7-21-6-2-3-14-29-21;8-5-6-1-3-7-4-2-6/h2-3,6,9-10,14,18-19,32H,4-5,7-8,11-13,15-17,20H2,1H3;6-8H,1-5H2. The summed E-state index contributed by atoms with van der Waals surface area (Å²) in [6.07, 6.45) is 13.0. The van der Waals surface area contributed by atoms with Gasteiger partial charge in [-0.3, -0.25) is 9.97 Å². The van der Waals surface area contributed by atoms with Crippen molar-refractivity contribution in [2.24, 2.45) is 11.3 Å². The molecule has 0 radical (unpaired) electrons. The van der Waals surface area contributed by atoms with Crippen molar-refractivity contribution in [1.29, 1.82) is 0 Å². The Bertz CT molecular complexity index is 1180. The van der Waals surface area contributed by atoms with Crippen molar-refractivity contribution >= 4 is 22.5 Å². The van der Waals surface area contributed by atoms with E-state index in [1.54, 1.807) is 13.3 Å². The van der Waals surface area contributed by atoms with Gasteiger partial charge in [-0.1, -0.05) is 17.7 Å². The van der Waals surface area contributed by atoms with Crippen molar-refractivity contribution < 1.29 is 14.9 Å². The second-order valence-electron chi connectivity index (χ2n) is 11.6. The van der Waals surface area contributed by atoms with Gasteiger partial charge in [0.2, 0.25) is 0 Å². The number of aliphatic hydroxyl groups is 2. The predicted octanol–water partition coefficient (Wildman–Crippen LogP) is 5.30. The van der Waals surface area contributed by atoms with Crippen molar-refractivity contribution in [2.45, 2.75) is 57.8 Å². The SMILES string of the molecule is COc1ccc2ncc(Cl)c(CCCC3(CO)CCN(CCCc4ccccn4)CC3)c2c1.OCC1CCNCC1. The van der Waals surface area contributed by atoms with Gasteiger partial charge in [0.15, 0.2) is 0 Å². The van der Waals surface area contributed by atoms with Crippen LogP contribution in [0.25, 0.3) is 10.9 Å². The van der Waals surface area contributed by atoms with Crippen LogP contribution in [0.3, 0.4) is 0 Å². The highest BCUT2D eigenvalue weighted by Crippen LogP contribution is 2.37. The first kappa shape index (κ1) is 31.6. The number of rotatable bonds is 11. The molecule has 0 spiro atoms. The number of hydrogen-bond acceptors (Lipinski definition) is 7. The minimum Gasteiger partial charge on any atom is -0.497 e. The minimum absolute atomic E-state index is 0.0183. The van der Waals surface area contributed by atoms with Gasteiger partial charge in [-0.15, -0.1) is 0 Å². The van der Waals surface area contributed by atoms with E-state index in [9.17, 15) is 5.11 Å². The van der Waals surface area contributed by atoms with Crippen molar-refractivity contribution in [3.8, 4) is 5.75 Å². The lowest BCUT2D eigenvalue weighted by Gasteiger charge is -2.41. The van der Waals surface area contributed by atoms with Crippen molar-refractivity contribution in [2.75, 3.05) is 53.0 Å². The fourth-order valence-corrected chi connectivity index (χ4v) is 6.30. The first-order chi connectivity index (χ1) is 20.1. The monoisotopic (exact) mass is 582 g/mol. The third-order valence-corrected chi connectivity index (χ3v) is 9.20. The molecule has 1 aromatic carbocycles. The van der Waals surface area contributed by atoms with E-state index in [0.29, 0.717) is 17.5 Å². The number of piperidine rings is 2. The molecule has 2 aliphatic rings. The fourth-order valence-electron chi connectivity index (χ4n) is 6.06. The summed E-state index contributed by atoms with van der Waals surface area (Å²) in [5.74, 6) is 1.39. The molecule has 41 heavy (non-hydrogen) atoms. The number of ether oxygens (including phenoxy) is 1. The summed E-state index contributed by atoms with van der Waals surface area (Å²) in [5.41, 5.74) is 3.25. The van der Waals surface area contributed by atoms with E-state index in [0.717, 1.165) is 113 Å². The van der Waals surface area contributed by atoms with Gasteiger partial charge in [0.1, 0.15) is 5.75 Å². The van der Waals surface area contributed by atoms with Crippen LogP contribution >= 0.6 is 11.6 Å². The van der Waals surface area contributed by atoms with Gasteiger partial charge in [-0.25, -0.2) is 0 Å². The molecule has 2 saturated heterocycles. The maximum atomic E-state index is 10.3. The van der Waals surface area contributed by atoms with Gasteiger partial charge >= 0.3 is 0 Å². The molecule has 0 aliphatic carbocycles. The first-order valence-electron chi connectivity index (χ1n) is 15.2. The van der Waals surface area contributed by atoms with Gasteiger partial charge < -0.3 is 25.2 Å². The molecule has 0 saturated carbocycles. The van der Waals surface area contributed by atoms with E-state index in [2.05, 4.69) is 32.3 Å². The number of hydrogen-bond donors (Lipinski definition) is 3. The molecule has 0 unspecified atom stereocenters.